The van der Waals surface area contributed by atoms with Crippen molar-refractivity contribution in [2.45, 2.75) is 57.2 Å². The molecule has 0 amide bonds. The second-order valence-corrected chi connectivity index (χ2v) is 6.39. The number of aromatic nitrogens is 2. The van der Waals surface area contributed by atoms with Crippen LogP contribution in [-0.4, -0.2) is 46.3 Å². The average molecular weight is 280 g/mol. The van der Waals surface area contributed by atoms with E-state index < -0.39 is 0 Å². The molecule has 20 heavy (non-hydrogen) atoms. The molecule has 1 aliphatic carbocycles. The molecule has 112 valence electrons. The Morgan fingerprint density at radius 3 is 2.90 bits per heavy atom. The monoisotopic (exact) mass is 280 g/mol. The Kier molecular flexibility index (Phi) is 3.79. The van der Waals surface area contributed by atoms with Gasteiger partial charge in [-0.1, -0.05) is 5.16 Å². The van der Waals surface area contributed by atoms with Gasteiger partial charge in [0, 0.05) is 31.1 Å². The zero-order chi connectivity index (χ0) is 14.2. The first kappa shape index (κ1) is 14.0. The summed E-state index contributed by atoms with van der Waals surface area (Å²) in [7, 11) is 0. The van der Waals surface area contributed by atoms with Gasteiger partial charge in [-0.15, -0.1) is 0 Å². The van der Waals surface area contributed by atoms with Crippen LogP contribution in [0.5, 0.6) is 0 Å². The van der Waals surface area contributed by atoms with E-state index in [1.54, 1.807) is 0 Å². The molecule has 3 rings (SSSR count). The van der Waals surface area contributed by atoms with Gasteiger partial charge >= 0.3 is 0 Å². The van der Waals surface area contributed by atoms with E-state index >= 15 is 0 Å². The molecule has 1 saturated heterocycles. The van der Waals surface area contributed by atoms with Gasteiger partial charge in [0.05, 0.1) is 6.61 Å². The standard InChI is InChI=1S/C14H24N4O2/c1-10(2)18-6-7-19-11(9-18)13-16-12(20-17-13)8-14(15)4-3-5-14/h10-11H,3-9,15H2,1-2H3. The Hall–Kier alpha value is -0.980. The number of ether oxygens (including phenoxy) is 1. The molecule has 2 heterocycles. The second-order valence-electron chi connectivity index (χ2n) is 6.39. The Morgan fingerprint density at radius 1 is 1.45 bits per heavy atom. The number of hydrogen-bond donors (Lipinski definition) is 1. The molecular weight excluding hydrogens is 256 g/mol. The van der Waals surface area contributed by atoms with Gasteiger partial charge in [-0.05, 0) is 33.1 Å². The molecular formula is C14H24N4O2. The van der Waals surface area contributed by atoms with Crippen LogP contribution < -0.4 is 5.73 Å². The summed E-state index contributed by atoms with van der Waals surface area (Å²) in [6, 6.07) is 0.509. The smallest absolute Gasteiger partial charge is 0.228 e. The van der Waals surface area contributed by atoms with Crippen molar-refractivity contribution in [2.24, 2.45) is 5.73 Å². The van der Waals surface area contributed by atoms with Gasteiger partial charge < -0.3 is 15.0 Å². The number of nitrogens with two attached hydrogens (primary N) is 1. The number of nitrogens with zero attached hydrogens (tertiary/aromatic N) is 3. The molecule has 1 aromatic heterocycles. The van der Waals surface area contributed by atoms with Gasteiger partial charge in [0.25, 0.3) is 0 Å². The molecule has 2 aliphatic rings. The summed E-state index contributed by atoms with van der Waals surface area (Å²) in [6.07, 6.45) is 3.89. The van der Waals surface area contributed by atoms with E-state index in [1.165, 1.54) is 6.42 Å². The predicted octanol–water partition coefficient (Wildman–Crippen LogP) is 1.28. The predicted molar refractivity (Wildman–Crippen MR) is 74.2 cm³/mol. The quantitative estimate of drug-likeness (QED) is 0.895. The minimum absolute atomic E-state index is 0.0845. The average Bonchev–Trinajstić information content (AvgIpc) is 2.85. The summed E-state index contributed by atoms with van der Waals surface area (Å²) in [5, 5.41) is 4.08. The van der Waals surface area contributed by atoms with Gasteiger partial charge in [-0.3, -0.25) is 4.90 Å². The van der Waals surface area contributed by atoms with E-state index in [2.05, 4.69) is 28.9 Å². The first-order chi connectivity index (χ1) is 9.56. The first-order valence-electron chi connectivity index (χ1n) is 7.53. The molecule has 0 spiro atoms. The molecule has 1 aromatic rings. The molecule has 1 unspecified atom stereocenters. The van der Waals surface area contributed by atoms with Gasteiger partial charge in [-0.2, -0.15) is 4.98 Å². The summed E-state index contributed by atoms with van der Waals surface area (Å²) in [4.78, 5) is 6.86. The number of hydrogen-bond acceptors (Lipinski definition) is 6. The van der Waals surface area contributed by atoms with Crippen molar-refractivity contribution in [3.05, 3.63) is 11.7 Å². The van der Waals surface area contributed by atoms with Crippen LogP contribution in [0.3, 0.4) is 0 Å². The minimum atomic E-state index is -0.124. The van der Waals surface area contributed by atoms with E-state index in [-0.39, 0.29) is 11.6 Å². The molecule has 1 aliphatic heterocycles. The zero-order valence-corrected chi connectivity index (χ0v) is 12.3. The van der Waals surface area contributed by atoms with Crippen LogP contribution in [0.15, 0.2) is 4.52 Å². The highest BCUT2D eigenvalue weighted by Gasteiger charge is 2.35. The molecule has 0 radical (unpaired) electrons. The topological polar surface area (TPSA) is 77.4 Å². The van der Waals surface area contributed by atoms with Crippen molar-refractivity contribution < 1.29 is 9.26 Å². The van der Waals surface area contributed by atoms with Crippen LogP contribution in [0.25, 0.3) is 0 Å². The largest absolute Gasteiger partial charge is 0.367 e. The molecule has 1 atom stereocenters. The van der Waals surface area contributed by atoms with Crippen LogP contribution in [-0.2, 0) is 11.2 Å². The lowest BCUT2D eigenvalue weighted by atomic mass is 9.75. The van der Waals surface area contributed by atoms with E-state index in [0.717, 1.165) is 25.9 Å². The van der Waals surface area contributed by atoms with Crippen LogP contribution >= 0.6 is 0 Å². The summed E-state index contributed by atoms with van der Waals surface area (Å²) >= 11 is 0. The molecule has 6 nitrogen and oxygen atoms in total. The SMILES string of the molecule is CC(C)N1CCOC(c2noc(CC3(N)CCC3)n2)C1. The van der Waals surface area contributed by atoms with Crippen LogP contribution in [0, 0.1) is 0 Å². The number of morpholine rings is 1. The fourth-order valence-corrected chi connectivity index (χ4v) is 2.87. The lowest BCUT2D eigenvalue weighted by Gasteiger charge is -2.36. The zero-order valence-electron chi connectivity index (χ0n) is 12.3. The van der Waals surface area contributed by atoms with Crippen molar-refractivity contribution in [1.82, 2.24) is 15.0 Å². The fraction of sp³-hybridized carbons (Fsp3) is 0.857. The van der Waals surface area contributed by atoms with Crippen molar-refractivity contribution in [3.8, 4) is 0 Å². The Bertz CT molecular complexity index is 456. The van der Waals surface area contributed by atoms with Gasteiger partial charge in [0.2, 0.25) is 11.7 Å². The maximum atomic E-state index is 6.22. The van der Waals surface area contributed by atoms with Crippen molar-refractivity contribution >= 4 is 0 Å². The van der Waals surface area contributed by atoms with Gasteiger partial charge in [0.15, 0.2) is 0 Å². The Morgan fingerprint density at radius 2 is 2.25 bits per heavy atom. The third-order valence-electron chi connectivity index (χ3n) is 4.45. The number of rotatable bonds is 4. The van der Waals surface area contributed by atoms with Crippen molar-refractivity contribution in [2.75, 3.05) is 19.7 Å². The molecule has 1 saturated carbocycles. The minimum Gasteiger partial charge on any atom is -0.367 e. The van der Waals surface area contributed by atoms with Crippen LogP contribution in [0.2, 0.25) is 0 Å². The molecule has 0 aromatic carbocycles. The Labute approximate surface area is 119 Å². The third-order valence-corrected chi connectivity index (χ3v) is 4.45. The molecule has 2 N–H and O–H groups in total. The first-order valence-corrected chi connectivity index (χ1v) is 7.53. The van der Waals surface area contributed by atoms with Crippen molar-refractivity contribution in [1.29, 1.82) is 0 Å². The Balaban J connectivity index is 1.64. The summed E-state index contributed by atoms with van der Waals surface area (Å²) in [5.41, 5.74) is 6.09. The summed E-state index contributed by atoms with van der Waals surface area (Å²) in [5.74, 6) is 1.31. The van der Waals surface area contributed by atoms with Crippen molar-refractivity contribution in [3.63, 3.8) is 0 Å². The van der Waals surface area contributed by atoms with E-state index in [4.69, 9.17) is 15.0 Å². The maximum absolute atomic E-state index is 6.22. The van der Waals surface area contributed by atoms with Crippen LogP contribution in [0.1, 0.15) is 50.9 Å². The normalized spacial score (nSPS) is 26.7. The molecule has 2 fully saturated rings. The highest BCUT2D eigenvalue weighted by molar-refractivity contribution is 5.02. The van der Waals surface area contributed by atoms with E-state index in [9.17, 15) is 0 Å². The van der Waals surface area contributed by atoms with Gasteiger partial charge in [-0.25, -0.2) is 0 Å². The van der Waals surface area contributed by atoms with E-state index in [1.807, 2.05) is 0 Å². The highest BCUT2D eigenvalue weighted by atomic mass is 16.5. The lowest BCUT2D eigenvalue weighted by molar-refractivity contribution is -0.0450. The van der Waals surface area contributed by atoms with Crippen LogP contribution in [0.4, 0.5) is 0 Å². The third kappa shape index (κ3) is 2.87. The summed E-state index contributed by atoms with van der Waals surface area (Å²) < 4.78 is 11.1. The van der Waals surface area contributed by atoms with E-state index in [0.29, 0.717) is 30.8 Å². The fourth-order valence-electron chi connectivity index (χ4n) is 2.87. The lowest BCUT2D eigenvalue weighted by Crippen LogP contribution is -2.48. The highest BCUT2D eigenvalue weighted by Crippen LogP contribution is 2.32. The summed E-state index contributed by atoms with van der Waals surface area (Å²) in [6.45, 7) is 6.89. The van der Waals surface area contributed by atoms with Gasteiger partial charge in [0.1, 0.15) is 6.10 Å². The maximum Gasteiger partial charge on any atom is 0.228 e. The molecule has 0 bridgehead atoms. The second kappa shape index (κ2) is 5.42. The molecule has 6 heteroatoms.